The van der Waals surface area contributed by atoms with Gasteiger partial charge in [-0.1, -0.05) is 63.1 Å². The first-order chi connectivity index (χ1) is 8.27. The summed E-state index contributed by atoms with van der Waals surface area (Å²) in [5.41, 5.74) is 1.74. The third-order valence-corrected chi connectivity index (χ3v) is 4.25. The van der Waals surface area contributed by atoms with Gasteiger partial charge in [-0.15, -0.1) is 0 Å². The van der Waals surface area contributed by atoms with Crippen LogP contribution in [0, 0.1) is 23.7 Å². The monoisotopic (exact) mass is 230 g/mol. The van der Waals surface area contributed by atoms with Gasteiger partial charge >= 0.3 is 0 Å². The van der Waals surface area contributed by atoms with Gasteiger partial charge in [0.15, 0.2) is 0 Å². The van der Waals surface area contributed by atoms with E-state index in [1.165, 1.54) is 19.3 Å². The zero-order valence-corrected chi connectivity index (χ0v) is 11.5. The summed E-state index contributed by atoms with van der Waals surface area (Å²) in [7, 11) is 0. The normalized spacial score (nSPS) is 29.9. The highest BCUT2D eigenvalue weighted by Gasteiger charge is 2.41. The van der Waals surface area contributed by atoms with Crippen LogP contribution in [-0.4, -0.2) is 0 Å². The molecule has 0 saturated heterocycles. The minimum absolute atomic E-state index is 0.703. The van der Waals surface area contributed by atoms with Crippen LogP contribution in [0.3, 0.4) is 0 Å². The minimum atomic E-state index is 0.703. The van der Waals surface area contributed by atoms with Crippen LogP contribution in [0.1, 0.15) is 46.5 Å². The first-order valence-corrected chi connectivity index (χ1v) is 7.32. The van der Waals surface area contributed by atoms with E-state index in [2.05, 4.69) is 51.2 Å². The second-order valence-corrected chi connectivity index (χ2v) is 5.65. The van der Waals surface area contributed by atoms with Crippen LogP contribution in [-0.2, 0) is 0 Å². The molecule has 2 rings (SSSR count). The van der Waals surface area contributed by atoms with Crippen LogP contribution in [0.5, 0.6) is 0 Å². The van der Waals surface area contributed by atoms with Gasteiger partial charge in [0, 0.05) is 0 Å². The van der Waals surface area contributed by atoms with Crippen LogP contribution in [0.15, 0.2) is 36.0 Å². The Balaban J connectivity index is 2.08. The van der Waals surface area contributed by atoms with Gasteiger partial charge in [-0.2, -0.15) is 0 Å². The fourth-order valence-electron chi connectivity index (χ4n) is 3.17. The molecule has 0 heterocycles. The van der Waals surface area contributed by atoms with Crippen molar-refractivity contribution in [1.82, 2.24) is 0 Å². The van der Waals surface area contributed by atoms with E-state index in [4.69, 9.17) is 0 Å². The van der Waals surface area contributed by atoms with E-state index in [-0.39, 0.29) is 0 Å². The molecule has 4 atom stereocenters. The molecular formula is C17H26. The molecule has 94 valence electrons. The molecule has 4 unspecified atom stereocenters. The molecule has 2 aliphatic carbocycles. The quantitative estimate of drug-likeness (QED) is 0.554. The largest absolute Gasteiger partial charge is 0.0885 e. The zero-order chi connectivity index (χ0) is 12.3. The molecule has 0 spiro atoms. The van der Waals surface area contributed by atoms with Crippen molar-refractivity contribution in [2.24, 2.45) is 23.7 Å². The Labute approximate surface area is 106 Å². The van der Waals surface area contributed by atoms with Crippen molar-refractivity contribution >= 4 is 0 Å². The van der Waals surface area contributed by atoms with Gasteiger partial charge in [-0.3, -0.25) is 0 Å². The maximum Gasteiger partial charge on any atom is -0.0128 e. The van der Waals surface area contributed by atoms with E-state index in [0.29, 0.717) is 5.92 Å². The average Bonchev–Trinajstić information content (AvgIpc) is 3.12. The third kappa shape index (κ3) is 2.91. The first-order valence-electron chi connectivity index (χ1n) is 7.32. The van der Waals surface area contributed by atoms with Crippen LogP contribution in [0.25, 0.3) is 0 Å². The van der Waals surface area contributed by atoms with Crippen LogP contribution in [0.4, 0.5) is 0 Å². The van der Waals surface area contributed by atoms with Crippen LogP contribution in [0.2, 0.25) is 0 Å². The zero-order valence-electron chi connectivity index (χ0n) is 11.5. The number of allylic oxidation sites excluding steroid dienone is 6. The molecule has 17 heavy (non-hydrogen) atoms. The summed E-state index contributed by atoms with van der Waals surface area (Å²) < 4.78 is 0. The molecule has 1 fully saturated rings. The van der Waals surface area contributed by atoms with Crippen LogP contribution < -0.4 is 0 Å². The van der Waals surface area contributed by atoms with Crippen molar-refractivity contribution in [1.29, 1.82) is 0 Å². The Morgan fingerprint density at radius 3 is 2.94 bits per heavy atom. The molecule has 0 aromatic carbocycles. The molecule has 0 aromatic heterocycles. The van der Waals surface area contributed by atoms with Crippen molar-refractivity contribution in [2.45, 2.75) is 46.5 Å². The number of hydrogen-bond donors (Lipinski definition) is 0. The van der Waals surface area contributed by atoms with Gasteiger partial charge in [0.25, 0.3) is 0 Å². The molecule has 0 nitrogen and oxygen atoms in total. The summed E-state index contributed by atoms with van der Waals surface area (Å²) in [5, 5.41) is 0. The van der Waals surface area contributed by atoms with Crippen molar-refractivity contribution in [3.8, 4) is 0 Å². The lowest BCUT2D eigenvalue weighted by molar-refractivity contribution is 0.426. The third-order valence-electron chi connectivity index (χ3n) is 4.25. The van der Waals surface area contributed by atoms with Crippen molar-refractivity contribution in [3.05, 3.63) is 36.0 Å². The molecule has 0 radical (unpaired) electrons. The fraction of sp³-hybridized carbons (Fsp3) is 0.647. The lowest BCUT2D eigenvalue weighted by Crippen LogP contribution is -2.15. The Bertz CT molecular complexity index is 332. The first kappa shape index (κ1) is 12.7. The Morgan fingerprint density at radius 2 is 2.24 bits per heavy atom. The number of rotatable bonds is 6. The molecule has 0 aliphatic heterocycles. The van der Waals surface area contributed by atoms with E-state index >= 15 is 0 Å². The summed E-state index contributed by atoms with van der Waals surface area (Å²) in [6.07, 6.45) is 17.1. The van der Waals surface area contributed by atoms with E-state index in [0.717, 1.165) is 24.2 Å². The van der Waals surface area contributed by atoms with Crippen molar-refractivity contribution < 1.29 is 0 Å². The van der Waals surface area contributed by atoms with Gasteiger partial charge in [-0.05, 0) is 42.9 Å². The van der Waals surface area contributed by atoms with Gasteiger partial charge in [-0.25, -0.2) is 0 Å². The molecule has 0 amide bonds. The van der Waals surface area contributed by atoms with Gasteiger partial charge in [0.05, 0.1) is 0 Å². The SMILES string of the molecule is CC/C=C\C(C)C(CCC)C1=CC=CC2CC12. The van der Waals surface area contributed by atoms with Gasteiger partial charge in [0.1, 0.15) is 0 Å². The Hall–Kier alpha value is -0.780. The van der Waals surface area contributed by atoms with E-state index in [1.807, 2.05) is 0 Å². The minimum Gasteiger partial charge on any atom is -0.0885 e. The summed E-state index contributed by atoms with van der Waals surface area (Å²) in [4.78, 5) is 0. The highest BCUT2D eigenvalue weighted by Crippen LogP contribution is 2.51. The molecule has 1 saturated carbocycles. The summed E-state index contributed by atoms with van der Waals surface area (Å²) in [6.45, 7) is 6.92. The maximum absolute atomic E-state index is 2.43. The number of hydrogen-bond acceptors (Lipinski definition) is 0. The van der Waals surface area contributed by atoms with Gasteiger partial charge < -0.3 is 0 Å². The van der Waals surface area contributed by atoms with E-state index in [1.54, 1.807) is 5.57 Å². The summed E-state index contributed by atoms with van der Waals surface area (Å²) in [6, 6.07) is 0. The smallest absolute Gasteiger partial charge is 0.0128 e. The molecule has 0 bridgehead atoms. The highest BCUT2D eigenvalue weighted by atomic mass is 14.5. The fourth-order valence-corrected chi connectivity index (χ4v) is 3.17. The van der Waals surface area contributed by atoms with Crippen LogP contribution >= 0.6 is 0 Å². The summed E-state index contributed by atoms with van der Waals surface area (Å²) >= 11 is 0. The maximum atomic E-state index is 2.43. The topological polar surface area (TPSA) is 0 Å². The molecule has 0 heteroatoms. The molecule has 0 aromatic rings. The second kappa shape index (κ2) is 5.71. The van der Waals surface area contributed by atoms with Crippen molar-refractivity contribution in [2.75, 3.05) is 0 Å². The van der Waals surface area contributed by atoms with Gasteiger partial charge in [0.2, 0.25) is 0 Å². The standard InChI is InChI=1S/C17H26/c1-4-6-9-13(3)15(8-5-2)16-11-7-10-14-12-17(14)16/h6-7,9-11,13-15,17H,4-5,8,12H2,1-3H3/b9-6-. The second-order valence-electron chi connectivity index (χ2n) is 5.65. The number of fused-ring (bicyclic) bond motifs is 1. The molecule has 0 N–H and O–H groups in total. The predicted octanol–water partition coefficient (Wildman–Crippen LogP) is 5.14. The van der Waals surface area contributed by atoms with E-state index in [9.17, 15) is 0 Å². The summed E-state index contributed by atoms with van der Waals surface area (Å²) in [5.74, 6) is 3.27. The Morgan fingerprint density at radius 1 is 1.41 bits per heavy atom. The average molecular weight is 230 g/mol. The predicted molar refractivity (Wildman–Crippen MR) is 75.8 cm³/mol. The highest BCUT2D eigenvalue weighted by molar-refractivity contribution is 5.32. The Kier molecular flexibility index (Phi) is 4.25. The molecule has 2 aliphatic rings. The van der Waals surface area contributed by atoms with E-state index < -0.39 is 0 Å². The molecular weight excluding hydrogens is 204 g/mol. The lowest BCUT2D eigenvalue weighted by atomic mass is 9.79. The van der Waals surface area contributed by atoms with Crippen molar-refractivity contribution in [3.63, 3.8) is 0 Å². The lowest BCUT2D eigenvalue weighted by Gasteiger charge is -2.25.